The van der Waals surface area contributed by atoms with E-state index in [9.17, 15) is 0 Å². The zero-order chi connectivity index (χ0) is 15.0. The highest BCUT2D eigenvalue weighted by Gasteiger charge is 2.11. The molecule has 0 aliphatic heterocycles. The van der Waals surface area contributed by atoms with Crippen LogP contribution >= 0.6 is 0 Å². The summed E-state index contributed by atoms with van der Waals surface area (Å²) in [5, 5.41) is 3.57. The van der Waals surface area contributed by atoms with Crippen LogP contribution < -0.4 is 5.32 Å². The molecule has 0 amide bonds. The summed E-state index contributed by atoms with van der Waals surface area (Å²) in [6.07, 6.45) is 1.08. The quantitative estimate of drug-likeness (QED) is 0.740. The number of benzene rings is 1. The normalized spacial score (nSPS) is 12.1. The molecular weight excluding hydrogens is 248 g/mol. The zero-order valence-corrected chi connectivity index (χ0v) is 13.7. The van der Waals surface area contributed by atoms with E-state index in [0.717, 1.165) is 32.7 Å². The minimum Gasteiger partial charge on any atom is -0.385 e. The van der Waals surface area contributed by atoms with Crippen molar-refractivity contribution in [3.8, 4) is 0 Å². The summed E-state index contributed by atoms with van der Waals surface area (Å²) >= 11 is 0. The van der Waals surface area contributed by atoms with Crippen LogP contribution in [0.5, 0.6) is 0 Å². The molecule has 3 nitrogen and oxygen atoms in total. The van der Waals surface area contributed by atoms with Gasteiger partial charge in [-0.25, -0.2) is 0 Å². The first-order valence-electron chi connectivity index (χ1n) is 7.41. The van der Waals surface area contributed by atoms with E-state index in [1.165, 1.54) is 11.1 Å². The first kappa shape index (κ1) is 17.2. The molecular formula is C17H30N2O. The Bertz CT molecular complexity index is 385. The SMILES string of the molecule is COCCCN(C)Cc1ccccc1CNC(C)(C)C. The molecule has 0 aliphatic rings. The molecule has 0 radical (unpaired) electrons. The maximum Gasteiger partial charge on any atom is 0.0474 e. The molecule has 1 aromatic carbocycles. The fraction of sp³-hybridized carbons (Fsp3) is 0.647. The third-order valence-corrected chi connectivity index (χ3v) is 3.26. The zero-order valence-electron chi connectivity index (χ0n) is 13.7. The van der Waals surface area contributed by atoms with Crippen LogP contribution in [0.3, 0.4) is 0 Å². The summed E-state index contributed by atoms with van der Waals surface area (Å²) in [6, 6.07) is 8.69. The van der Waals surface area contributed by atoms with Crippen molar-refractivity contribution in [1.82, 2.24) is 10.2 Å². The van der Waals surface area contributed by atoms with Crippen molar-refractivity contribution >= 4 is 0 Å². The van der Waals surface area contributed by atoms with Gasteiger partial charge in [0.25, 0.3) is 0 Å². The van der Waals surface area contributed by atoms with E-state index >= 15 is 0 Å². The number of rotatable bonds is 8. The predicted molar refractivity (Wildman–Crippen MR) is 85.9 cm³/mol. The molecule has 0 fully saturated rings. The molecule has 0 unspecified atom stereocenters. The average molecular weight is 278 g/mol. The molecule has 0 heterocycles. The number of ether oxygens (including phenoxy) is 1. The molecule has 1 rings (SSSR count). The average Bonchev–Trinajstić information content (AvgIpc) is 2.37. The van der Waals surface area contributed by atoms with Crippen LogP contribution in [0, 0.1) is 0 Å². The van der Waals surface area contributed by atoms with Crippen LogP contribution in [-0.2, 0) is 17.8 Å². The van der Waals surface area contributed by atoms with E-state index < -0.39 is 0 Å². The Morgan fingerprint density at radius 3 is 2.40 bits per heavy atom. The van der Waals surface area contributed by atoms with Crippen molar-refractivity contribution in [3.63, 3.8) is 0 Å². The summed E-state index contributed by atoms with van der Waals surface area (Å²) in [5.41, 5.74) is 2.95. The lowest BCUT2D eigenvalue weighted by Gasteiger charge is -2.23. The second kappa shape index (κ2) is 8.40. The fourth-order valence-electron chi connectivity index (χ4n) is 2.09. The Balaban J connectivity index is 2.56. The summed E-state index contributed by atoms with van der Waals surface area (Å²) in [5.74, 6) is 0. The standard InChI is InChI=1S/C17H30N2O/c1-17(2,3)18-13-15-9-6-7-10-16(15)14-19(4)11-8-12-20-5/h6-7,9-10,18H,8,11-14H2,1-5H3. The van der Waals surface area contributed by atoms with E-state index in [1.54, 1.807) is 7.11 Å². The first-order chi connectivity index (χ1) is 9.42. The molecule has 0 aromatic heterocycles. The molecule has 1 N–H and O–H groups in total. The Labute approximate surface area is 124 Å². The van der Waals surface area contributed by atoms with Gasteiger partial charge in [-0.15, -0.1) is 0 Å². The van der Waals surface area contributed by atoms with Gasteiger partial charge in [-0.05, 0) is 45.4 Å². The van der Waals surface area contributed by atoms with Gasteiger partial charge < -0.3 is 15.0 Å². The smallest absolute Gasteiger partial charge is 0.0474 e. The van der Waals surface area contributed by atoms with Gasteiger partial charge in [0, 0.05) is 38.9 Å². The molecule has 0 saturated heterocycles. The number of methoxy groups -OCH3 is 1. The molecule has 0 spiro atoms. The van der Waals surface area contributed by atoms with Gasteiger partial charge in [0.2, 0.25) is 0 Å². The van der Waals surface area contributed by atoms with Crippen molar-refractivity contribution in [1.29, 1.82) is 0 Å². The lowest BCUT2D eigenvalue weighted by atomic mass is 10.0. The van der Waals surface area contributed by atoms with Gasteiger partial charge in [-0.2, -0.15) is 0 Å². The van der Waals surface area contributed by atoms with E-state index in [1.807, 2.05) is 0 Å². The van der Waals surface area contributed by atoms with Gasteiger partial charge in [-0.3, -0.25) is 0 Å². The van der Waals surface area contributed by atoms with E-state index in [4.69, 9.17) is 4.74 Å². The van der Waals surface area contributed by atoms with Crippen molar-refractivity contribution in [2.75, 3.05) is 27.3 Å². The minimum atomic E-state index is 0.150. The second-order valence-electron chi connectivity index (χ2n) is 6.46. The Kier molecular flexibility index (Phi) is 7.20. The summed E-state index contributed by atoms with van der Waals surface area (Å²) < 4.78 is 5.11. The maximum atomic E-state index is 5.11. The predicted octanol–water partition coefficient (Wildman–Crippen LogP) is 3.04. The van der Waals surface area contributed by atoms with E-state index in [0.29, 0.717) is 0 Å². The number of nitrogens with one attached hydrogen (secondary N) is 1. The molecule has 3 heteroatoms. The fourth-order valence-corrected chi connectivity index (χ4v) is 2.09. The van der Waals surface area contributed by atoms with Crippen molar-refractivity contribution in [2.45, 2.75) is 45.8 Å². The van der Waals surface area contributed by atoms with Gasteiger partial charge in [0.15, 0.2) is 0 Å². The lowest BCUT2D eigenvalue weighted by molar-refractivity contribution is 0.178. The van der Waals surface area contributed by atoms with E-state index in [2.05, 4.69) is 62.3 Å². The van der Waals surface area contributed by atoms with Crippen LogP contribution in [-0.4, -0.2) is 37.7 Å². The van der Waals surface area contributed by atoms with Crippen LogP contribution in [0.25, 0.3) is 0 Å². The lowest BCUT2D eigenvalue weighted by Crippen LogP contribution is -2.35. The second-order valence-corrected chi connectivity index (χ2v) is 6.46. The van der Waals surface area contributed by atoms with Gasteiger partial charge in [0.05, 0.1) is 0 Å². The molecule has 0 aliphatic carbocycles. The van der Waals surface area contributed by atoms with Crippen LogP contribution in [0.15, 0.2) is 24.3 Å². The van der Waals surface area contributed by atoms with Crippen molar-refractivity contribution in [3.05, 3.63) is 35.4 Å². The Morgan fingerprint density at radius 1 is 1.15 bits per heavy atom. The Hall–Kier alpha value is -0.900. The van der Waals surface area contributed by atoms with Crippen molar-refractivity contribution in [2.24, 2.45) is 0 Å². The van der Waals surface area contributed by atoms with Crippen LogP contribution in [0.4, 0.5) is 0 Å². The van der Waals surface area contributed by atoms with Crippen molar-refractivity contribution < 1.29 is 4.74 Å². The summed E-state index contributed by atoms with van der Waals surface area (Å²) in [6.45, 7) is 10.4. The van der Waals surface area contributed by atoms with Gasteiger partial charge >= 0.3 is 0 Å². The monoisotopic (exact) mass is 278 g/mol. The highest BCUT2D eigenvalue weighted by Crippen LogP contribution is 2.13. The third kappa shape index (κ3) is 7.04. The molecule has 0 atom stereocenters. The summed E-state index contributed by atoms with van der Waals surface area (Å²) in [4.78, 5) is 2.36. The number of hydrogen-bond acceptors (Lipinski definition) is 3. The highest BCUT2D eigenvalue weighted by atomic mass is 16.5. The Morgan fingerprint density at radius 2 is 1.80 bits per heavy atom. The topological polar surface area (TPSA) is 24.5 Å². The van der Waals surface area contributed by atoms with Gasteiger partial charge in [-0.1, -0.05) is 24.3 Å². The number of hydrogen-bond donors (Lipinski definition) is 1. The minimum absolute atomic E-state index is 0.150. The molecule has 1 aromatic rings. The third-order valence-electron chi connectivity index (χ3n) is 3.26. The van der Waals surface area contributed by atoms with Gasteiger partial charge in [0.1, 0.15) is 0 Å². The van der Waals surface area contributed by atoms with Crippen LogP contribution in [0.1, 0.15) is 38.3 Å². The molecule has 20 heavy (non-hydrogen) atoms. The van der Waals surface area contributed by atoms with E-state index in [-0.39, 0.29) is 5.54 Å². The summed E-state index contributed by atoms with van der Waals surface area (Å²) in [7, 11) is 3.93. The molecule has 114 valence electrons. The molecule has 0 saturated carbocycles. The van der Waals surface area contributed by atoms with Crippen LogP contribution in [0.2, 0.25) is 0 Å². The number of nitrogens with zero attached hydrogens (tertiary/aromatic N) is 1. The maximum absolute atomic E-state index is 5.11. The largest absolute Gasteiger partial charge is 0.385 e. The molecule has 0 bridgehead atoms. The first-order valence-corrected chi connectivity index (χ1v) is 7.41. The highest BCUT2D eigenvalue weighted by molar-refractivity contribution is 5.27.